The standard InChI is InChI=1S/C11H15NSi/c1-12-10-7-5-4-6-9(10)8-11(12)13(2)3/h4-8,13H,1-3H3. The van der Waals surface area contributed by atoms with E-state index < -0.39 is 8.80 Å². The first-order valence-electron chi connectivity index (χ1n) is 4.74. The summed E-state index contributed by atoms with van der Waals surface area (Å²) in [6.07, 6.45) is 0. The topological polar surface area (TPSA) is 4.93 Å². The Morgan fingerprint density at radius 1 is 1.15 bits per heavy atom. The van der Waals surface area contributed by atoms with E-state index in [-0.39, 0.29) is 0 Å². The Balaban J connectivity index is 2.74. The molecule has 0 spiro atoms. The van der Waals surface area contributed by atoms with E-state index in [1.54, 1.807) is 5.32 Å². The second-order valence-corrected chi connectivity index (χ2v) is 6.74. The lowest BCUT2D eigenvalue weighted by Crippen LogP contribution is -2.28. The van der Waals surface area contributed by atoms with Gasteiger partial charge in [-0.05, 0) is 22.8 Å². The van der Waals surface area contributed by atoms with Crippen molar-refractivity contribution in [2.45, 2.75) is 13.1 Å². The Bertz CT molecular complexity index is 429. The van der Waals surface area contributed by atoms with Crippen LogP contribution in [0.3, 0.4) is 0 Å². The van der Waals surface area contributed by atoms with Gasteiger partial charge in [-0.1, -0.05) is 31.3 Å². The van der Waals surface area contributed by atoms with Crippen molar-refractivity contribution in [1.82, 2.24) is 4.57 Å². The number of hydrogen-bond donors (Lipinski definition) is 0. The summed E-state index contributed by atoms with van der Waals surface area (Å²) in [5.74, 6) is 0. The zero-order valence-electron chi connectivity index (χ0n) is 8.41. The molecule has 1 aromatic carbocycles. The van der Waals surface area contributed by atoms with Gasteiger partial charge in [-0.3, -0.25) is 0 Å². The summed E-state index contributed by atoms with van der Waals surface area (Å²) in [4.78, 5) is 0. The van der Waals surface area contributed by atoms with Gasteiger partial charge in [-0.15, -0.1) is 0 Å². The van der Waals surface area contributed by atoms with E-state index in [1.165, 1.54) is 10.9 Å². The first-order chi connectivity index (χ1) is 6.20. The Hall–Kier alpha value is -1.02. The molecular weight excluding hydrogens is 174 g/mol. The molecule has 0 saturated carbocycles. The van der Waals surface area contributed by atoms with Crippen molar-refractivity contribution in [2.24, 2.45) is 7.05 Å². The van der Waals surface area contributed by atoms with E-state index in [0.29, 0.717) is 0 Å². The molecule has 0 atom stereocenters. The second kappa shape index (κ2) is 3.03. The number of hydrogen-bond acceptors (Lipinski definition) is 0. The lowest BCUT2D eigenvalue weighted by Gasteiger charge is -2.05. The van der Waals surface area contributed by atoms with Gasteiger partial charge in [-0.25, -0.2) is 0 Å². The molecule has 1 nitrogen and oxygen atoms in total. The zero-order valence-corrected chi connectivity index (χ0v) is 9.57. The summed E-state index contributed by atoms with van der Waals surface area (Å²) >= 11 is 0. The molecule has 0 saturated heterocycles. The quantitative estimate of drug-likeness (QED) is 0.604. The smallest absolute Gasteiger partial charge is 0.0856 e. The number of rotatable bonds is 1. The number of fused-ring (bicyclic) bond motifs is 1. The summed E-state index contributed by atoms with van der Waals surface area (Å²) in [6.45, 7) is 4.74. The van der Waals surface area contributed by atoms with Gasteiger partial charge < -0.3 is 4.57 Å². The molecule has 1 heterocycles. The van der Waals surface area contributed by atoms with Gasteiger partial charge in [0, 0.05) is 12.6 Å². The number of nitrogens with zero attached hydrogens (tertiary/aromatic N) is 1. The van der Waals surface area contributed by atoms with Crippen molar-refractivity contribution in [3.05, 3.63) is 30.3 Å². The molecule has 0 unspecified atom stereocenters. The summed E-state index contributed by atoms with van der Waals surface area (Å²) in [5, 5.41) is 2.92. The molecule has 1 aromatic heterocycles. The average molecular weight is 189 g/mol. The number of aromatic nitrogens is 1. The van der Waals surface area contributed by atoms with Gasteiger partial charge in [0.1, 0.15) is 0 Å². The van der Waals surface area contributed by atoms with E-state index >= 15 is 0 Å². The highest BCUT2D eigenvalue weighted by atomic mass is 28.3. The van der Waals surface area contributed by atoms with Gasteiger partial charge in [0.2, 0.25) is 0 Å². The maximum atomic E-state index is 2.37. The van der Waals surface area contributed by atoms with E-state index in [2.05, 4.69) is 55.0 Å². The maximum Gasteiger partial charge on any atom is 0.0856 e. The predicted molar refractivity (Wildman–Crippen MR) is 61.4 cm³/mol. The lowest BCUT2D eigenvalue weighted by molar-refractivity contribution is 0.999. The van der Waals surface area contributed by atoms with Crippen LogP contribution in [0, 0.1) is 0 Å². The molecule has 2 rings (SSSR count). The molecule has 68 valence electrons. The summed E-state index contributed by atoms with van der Waals surface area (Å²) < 4.78 is 2.34. The SMILES string of the molecule is Cn1c([SiH](C)C)cc2ccccc21. The van der Waals surface area contributed by atoms with Crippen molar-refractivity contribution in [3.63, 3.8) is 0 Å². The third-order valence-electron chi connectivity index (χ3n) is 2.58. The molecule has 0 radical (unpaired) electrons. The van der Waals surface area contributed by atoms with Gasteiger partial charge in [0.05, 0.1) is 8.80 Å². The molecule has 2 aromatic rings. The van der Waals surface area contributed by atoms with Crippen LogP contribution >= 0.6 is 0 Å². The highest BCUT2D eigenvalue weighted by Crippen LogP contribution is 2.12. The van der Waals surface area contributed by atoms with Crippen molar-refractivity contribution < 1.29 is 0 Å². The van der Waals surface area contributed by atoms with Crippen LogP contribution in [0.1, 0.15) is 0 Å². The molecule has 13 heavy (non-hydrogen) atoms. The summed E-state index contributed by atoms with van der Waals surface area (Å²) in [6, 6.07) is 10.9. The van der Waals surface area contributed by atoms with Crippen molar-refractivity contribution >= 4 is 25.0 Å². The zero-order chi connectivity index (χ0) is 9.42. The van der Waals surface area contributed by atoms with E-state index in [4.69, 9.17) is 0 Å². The van der Waals surface area contributed by atoms with Gasteiger partial charge in [0.15, 0.2) is 0 Å². The van der Waals surface area contributed by atoms with E-state index in [0.717, 1.165) is 0 Å². The van der Waals surface area contributed by atoms with Crippen LogP contribution in [-0.4, -0.2) is 13.4 Å². The van der Waals surface area contributed by atoms with Crippen LogP contribution in [0.4, 0.5) is 0 Å². The molecule has 0 aliphatic rings. The fourth-order valence-electron chi connectivity index (χ4n) is 1.86. The van der Waals surface area contributed by atoms with Crippen LogP contribution in [0.2, 0.25) is 13.1 Å². The van der Waals surface area contributed by atoms with Crippen LogP contribution in [0.25, 0.3) is 10.9 Å². The first kappa shape index (κ1) is 8.57. The average Bonchev–Trinajstić information content (AvgIpc) is 2.45. The molecule has 2 heteroatoms. The van der Waals surface area contributed by atoms with Crippen LogP contribution in [0.5, 0.6) is 0 Å². The molecule has 0 bridgehead atoms. The van der Waals surface area contributed by atoms with Gasteiger partial charge in [-0.2, -0.15) is 0 Å². The summed E-state index contributed by atoms with van der Waals surface area (Å²) in [7, 11) is 1.49. The highest BCUT2D eigenvalue weighted by molar-refractivity contribution is 6.70. The molecule has 0 aliphatic carbocycles. The monoisotopic (exact) mass is 189 g/mol. The number of benzene rings is 1. The minimum Gasteiger partial charge on any atom is -0.352 e. The molecular formula is C11H15NSi. The van der Waals surface area contributed by atoms with Crippen molar-refractivity contribution in [3.8, 4) is 0 Å². The lowest BCUT2D eigenvalue weighted by atomic mass is 10.2. The normalized spacial score (nSPS) is 11.4. The maximum absolute atomic E-state index is 2.37. The molecule has 0 fully saturated rings. The number of aryl methyl sites for hydroxylation is 1. The highest BCUT2D eigenvalue weighted by Gasteiger charge is 2.08. The number of para-hydroxylation sites is 1. The van der Waals surface area contributed by atoms with Crippen LogP contribution < -0.4 is 5.32 Å². The van der Waals surface area contributed by atoms with Crippen molar-refractivity contribution in [1.29, 1.82) is 0 Å². The first-order valence-corrected chi connectivity index (χ1v) is 7.63. The molecule has 0 aliphatic heterocycles. The Labute approximate surface area is 80.6 Å². The predicted octanol–water partition coefficient (Wildman–Crippen LogP) is 1.87. The second-order valence-electron chi connectivity index (χ2n) is 3.84. The Kier molecular flexibility index (Phi) is 2.00. The minimum absolute atomic E-state index is 0.680. The third kappa shape index (κ3) is 1.31. The largest absolute Gasteiger partial charge is 0.352 e. The summed E-state index contributed by atoms with van der Waals surface area (Å²) in [5.41, 5.74) is 1.36. The minimum atomic E-state index is -0.680. The molecule has 0 N–H and O–H groups in total. The van der Waals surface area contributed by atoms with Gasteiger partial charge in [0.25, 0.3) is 0 Å². The fraction of sp³-hybridized carbons (Fsp3) is 0.273. The Morgan fingerprint density at radius 2 is 1.85 bits per heavy atom. The van der Waals surface area contributed by atoms with Crippen molar-refractivity contribution in [2.75, 3.05) is 0 Å². The Morgan fingerprint density at radius 3 is 2.46 bits per heavy atom. The van der Waals surface area contributed by atoms with E-state index in [9.17, 15) is 0 Å². The molecule has 0 amide bonds. The van der Waals surface area contributed by atoms with Gasteiger partial charge >= 0.3 is 0 Å². The third-order valence-corrected chi connectivity index (χ3v) is 4.32. The fourth-order valence-corrected chi connectivity index (χ4v) is 3.29. The van der Waals surface area contributed by atoms with Crippen LogP contribution in [-0.2, 0) is 7.05 Å². The van der Waals surface area contributed by atoms with E-state index in [1.807, 2.05) is 0 Å². The van der Waals surface area contributed by atoms with Crippen LogP contribution in [0.15, 0.2) is 30.3 Å².